The van der Waals surface area contributed by atoms with Gasteiger partial charge in [0.05, 0.1) is 16.8 Å². The molecule has 0 saturated heterocycles. The normalized spacial score (nSPS) is 14.9. The van der Waals surface area contributed by atoms with Crippen LogP contribution in [0, 0.1) is 0 Å². The Bertz CT molecular complexity index is 1100. The first-order valence-corrected chi connectivity index (χ1v) is 11.6. The predicted molar refractivity (Wildman–Crippen MR) is 116 cm³/mol. The van der Waals surface area contributed by atoms with Crippen LogP contribution in [0.1, 0.15) is 54.1 Å². The first-order valence-electron chi connectivity index (χ1n) is 10.1. The molecule has 30 heavy (non-hydrogen) atoms. The van der Waals surface area contributed by atoms with Crippen molar-refractivity contribution in [3.8, 4) is 0 Å². The second kappa shape index (κ2) is 8.75. The lowest BCUT2D eigenvalue weighted by Crippen LogP contribution is -2.14. The van der Waals surface area contributed by atoms with Gasteiger partial charge in [0.15, 0.2) is 5.76 Å². The van der Waals surface area contributed by atoms with Gasteiger partial charge in [-0.1, -0.05) is 37.5 Å². The lowest BCUT2D eigenvalue weighted by molar-refractivity contribution is 0.0996. The molecule has 1 amide bonds. The Balaban J connectivity index is 1.45. The van der Waals surface area contributed by atoms with E-state index in [2.05, 4.69) is 10.0 Å². The summed E-state index contributed by atoms with van der Waals surface area (Å²) in [4.78, 5) is 12.3. The average molecular weight is 425 g/mol. The third-order valence-electron chi connectivity index (χ3n) is 5.38. The minimum absolute atomic E-state index is 0.180. The molecule has 156 valence electrons. The van der Waals surface area contributed by atoms with Crippen molar-refractivity contribution in [3.05, 3.63) is 78.3 Å². The number of amides is 1. The van der Waals surface area contributed by atoms with Crippen LogP contribution >= 0.6 is 0 Å². The van der Waals surface area contributed by atoms with Crippen molar-refractivity contribution >= 4 is 27.3 Å². The molecule has 0 aliphatic heterocycles. The van der Waals surface area contributed by atoms with Crippen molar-refractivity contribution in [1.82, 2.24) is 0 Å². The number of sulfonamides is 1. The molecule has 1 heterocycles. The molecule has 0 radical (unpaired) electrons. The number of carbonyl (C=O) groups excluding carboxylic acids is 1. The zero-order chi connectivity index (χ0) is 21.0. The van der Waals surface area contributed by atoms with Crippen LogP contribution in [-0.2, 0) is 10.0 Å². The summed E-state index contributed by atoms with van der Waals surface area (Å²) in [5.41, 5.74) is 2.03. The molecule has 0 unspecified atom stereocenters. The van der Waals surface area contributed by atoms with Gasteiger partial charge in [0.2, 0.25) is 0 Å². The molecule has 0 atom stereocenters. The van der Waals surface area contributed by atoms with Crippen LogP contribution in [0.2, 0.25) is 0 Å². The monoisotopic (exact) mass is 424 g/mol. The van der Waals surface area contributed by atoms with Crippen molar-refractivity contribution in [1.29, 1.82) is 0 Å². The highest BCUT2D eigenvalue weighted by Gasteiger charge is 2.18. The van der Waals surface area contributed by atoms with Crippen LogP contribution < -0.4 is 10.0 Å². The van der Waals surface area contributed by atoms with E-state index in [0.29, 0.717) is 17.3 Å². The van der Waals surface area contributed by atoms with Crippen molar-refractivity contribution in [2.24, 2.45) is 0 Å². The molecule has 1 aliphatic rings. The molecule has 1 fully saturated rings. The van der Waals surface area contributed by atoms with Gasteiger partial charge in [-0.25, -0.2) is 8.42 Å². The van der Waals surface area contributed by atoms with Gasteiger partial charge in [-0.05, 0) is 66.8 Å². The highest BCUT2D eigenvalue weighted by Crippen LogP contribution is 2.33. The van der Waals surface area contributed by atoms with Gasteiger partial charge in [0, 0.05) is 5.69 Å². The Morgan fingerprint density at radius 3 is 2.33 bits per heavy atom. The van der Waals surface area contributed by atoms with E-state index in [1.165, 1.54) is 43.9 Å². The fraction of sp³-hybridized carbons (Fsp3) is 0.261. The molecule has 0 bridgehead atoms. The fourth-order valence-electron chi connectivity index (χ4n) is 3.83. The standard InChI is InChI=1S/C23H24N2O4S/c26-23(22-10-5-15-29-22)24-19-8-4-9-20(16-19)25-30(27,28)21-13-11-18(12-14-21)17-6-2-1-3-7-17/h4-5,8-17,25H,1-3,6-7H2,(H,24,26). The van der Waals surface area contributed by atoms with Gasteiger partial charge < -0.3 is 9.73 Å². The van der Waals surface area contributed by atoms with Crippen molar-refractivity contribution in [2.45, 2.75) is 42.9 Å². The summed E-state index contributed by atoms with van der Waals surface area (Å²) in [6.07, 6.45) is 7.51. The molecule has 1 saturated carbocycles. The highest BCUT2D eigenvalue weighted by atomic mass is 32.2. The molecule has 7 heteroatoms. The lowest BCUT2D eigenvalue weighted by atomic mass is 9.84. The Labute approximate surface area is 176 Å². The fourth-order valence-corrected chi connectivity index (χ4v) is 4.88. The van der Waals surface area contributed by atoms with Gasteiger partial charge in [-0.3, -0.25) is 9.52 Å². The van der Waals surface area contributed by atoms with Crippen molar-refractivity contribution in [2.75, 3.05) is 10.0 Å². The molecule has 2 aromatic carbocycles. The summed E-state index contributed by atoms with van der Waals surface area (Å²) in [5, 5.41) is 2.69. The zero-order valence-corrected chi connectivity index (χ0v) is 17.3. The lowest BCUT2D eigenvalue weighted by Gasteiger charge is -2.22. The van der Waals surface area contributed by atoms with E-state index in [0.717, 1.165) is 0 Å². The molecule has 6 nitrogen and oxygen atoms in total. The van der Waals surface area contributed by atoms with E-state index in [4.69, 9.17) is 4.42 Å². The maximum atomic E-state index is 12.8. The van der Waals surface area contributed by atoms with Gasteiger partial charge in [0.25, 0.3) is 15.9 Å². The SMILES string of the molecule is O=C(Nc1cccc(NS(=O)(=O)c2ccc(C3CCCCC3)cc2)c1)c1ccco1. The van der Waals surface area contributed by atoms with Gasteiger partial charge in [-0.2, -0.15) is 0 Å². The van der Waals surface area contributed by atoms with E-state index in [1.807, 2.05) is 12.1 Å². The minimum atomic E-state index is -3.73. The van der Waals surface area contributed by atoms with E-state index < -0.39 is 15.9 Å². The van der Waals surface area contributed by atoms with Crippen LogP contribution in [0.25, 0.3) is 0 Å². The number of benzene rings is 2. The molecule has 4 rings (SSSR count). The summed E-state index contributed by atoms with van der Waals surface area (Å²) in [6.45, 7) is 0. The summed E-state index contributed by atoms with van der Waals surface area (Å²) in [7, 11) is -3.73. The first kappa shape index (κ1) is 20.2. The topological polar surface area (TPSA) is 88.4 Å². The first-order chi connectivity index (χ1) is 14.5. The van der Waals surface area contributed by atoms with Crippen molar-refractivity contribution in [3.63, 3.8) is 0 Å². The smallest absolute Gasteiger partial charge is 0.291 e. The van der Waals surface area contributed by atoms with Crippen LogP contribution in [-0.4, -0.2) is 14.3 Å². The van der Waals surface area contributed by atoms with Crippen LogP contribution in [0.4, 0.5) is 11.4 Å². The Morgan fingerprint density at radius 1 is 0.900 bits per heavy atom. The number of anilines is 2. The number of carbonyl (C=O) groups is 1. The van der Waals surface area contributed by atoms with Crippen LogP contribution in [0.3, 0.4) is 0 Å². The Kier molecular flexibility index (Phi) is 5.90. The van der Waals surface area contributed by atoms with Gasteiger partial charge in [-0.15, -0.1) is 0 Å². The number of rotatable bonds is 6. The molecule has 1 aliphatic carbocycles. The maximum absolute atomic E-state index is 12.8. The number of furan rings is 1. The number of nitrogens with one attached hydrogen (secondary N) is 2. The summed E-state index contributed by atoms with van der Waals surface area (Å²) in [6, 6.07) is 16.9. The summed E-state index contributed by atoms with van der Waals surface area (Å²) >= 11 is 0. The number of hydrogen-bond donors (Lipinski definition) is 2. The van der Waals surface area contributed by atoms with E-state index in [-0.39, 0.29) is 10.7 Å². The van der Waals surface area contributed by atoms with Crippen LogP contribution in [0.5, 0.6) is 0 Å². The van der Waals surface area contributed by atoms with Crippen LogP contribution in [0.15, 0.2) is 76.2 Å². The third-order valence-corrected chi connectivity index (χ3v) is 6.78. The van der Waals surface area contributed by atoms with E-state index in [9.17, 15) is 13.2 Å². The summed E-state index contributed by atoms with van der Waals surface area (Å²) < 4.78 is 33.2. The quantitative estimate of drug-likeness (QED) is 0.556. The molecule has 1 aromatic heterocycles. The molecule has 2 N–H and O–H groups in total. The Hall–Kier alpha value is -3.06. The van der Waals surface area contributed by atoms with E-state index >= 15 is 0 Å². The van der Waals surface area contributed by atoms with E-state index in [1.54, 1.807) is 48.5 Å². The van der Waals surface area contributed by atoms with Gasteiger partial charge in [0.1, 0.15) is 0 Å². The van der Waals surface area contributed by atoms with Gasteiger partial charge >= 0.3 is 0 Å². The number of hydrogen-bond acceptors (Lipinski definition) is 4. The molecule has 3 aromatic rings. The largest absolute Gasteiger partial charge is 0.459 e. The minimum Gasteiger partial charge on any atom is -0.459 e. The summed E-state index contributed by atoms with van der Waals surface area (Å²) in [5.74, 6) is 0.301. The third kappa shape index (κ3) is 4.74. The second-order valence-electron chi connectivity index (χ2n) is 7.52. The molecular weight excluding hydrogens is 400 g/mol. The Morgan fingerprint density at radius 2 is 1.63 bits per heavy atom. The molecular formula is C23H24N2O4S. The molecule has 0 spiro atoms. The van der Waals surface area contributed by atoms with Crippen molar-refractivity contribution < 1.29 is 17.6 Å². The predicted octanol–water partition coefficient (Wildman–Crippen LogP) is 5.38. The maximum Gasteiger partial charge on any atom is 0.291 e. The average Bonchev–Trinajstić information content (AvgIpc) is 3.30. The second-order valence-corrected chi connectivity index (χ2v) is 9.20. The highest BCUT2D eigenvalue weighted by molar-refractivity contribution is 7.92. The zero-order valence-electron chi connectivity index (χ0n) is 16.5.